The maximum Gasteiger partial charge on any atom is 0.137 e. The number of quaternary nitrogens is 1. The molecule has 1 unspecified atom stereocenters. The first-order chi connectivity index (χ1) is 9.09. The summed E-state index contributed by atoms with van der Waals surface area (Å²) in [6.45, 7) is 1.71. The van der Waals surface area contributed by atoms with Crippen molar-refractivity contribution in [1.82, 2.24) is 0 Å². The molecule has 5 nitrogen and oxygen atoms in total. The van der Waals surface area contributed by atoms with Gasteiger partial charge < -0.3 is 24.5 Å². The second-order valence-corrected chi connectivity index (χ2v) is 4.97. The Morgan fingerprint density at radius 2 is 1.68 bits per heavy atom. The molecule has 19 heavy (non-hydrogen) atoms. The summed E-state index contributed by atoms with van der Waals surface area (Å²) in [5.41, 5.74) is 0. The van der Waals surface area contributed by atoms with E-state index < -0.39 is 6.10 Å². The fourth-order valence-corrected chi connectivity index (χ4v) is 2.05. The molecule has 0 heterocycles. The first-order valence-electron chi connectivity index (χ1n) is 6.51. The average molecular weight is 270 g/mol. The van der Waals surface area contributed by atoms with Gasteiger partial charge in [0.25, 0.3) is 0 Å². The molecule has 0 bridgehead atoms. The van der Waals surface area contributed by atoms with Crippen molar-refractivity contribution in [1.29, 1.82) is 0 Å². The summed E-state index contributed by atoms with van der Waals surface area (Å²) in [5, 5.41) is 28.1. The van der Waals surface area contributed by atoms with E-state index in [-0.39, 0.29) is 19.8 Å². The van der Waals surface area contributed by atoms with Crippen molar-refractivity contribution in [2.45, 2.75) is 6.10 Å². The molecule has 0 aromatic heterocycles. The molecule has 0 amide bonds. The normalized spacial score (nSPS) is 13.3. The molecule has 0 radical (unpaired) electrons. The Kier molecular flexibility index (Phi) is 6.80. The van der Waals surface area contributed by atoms with Crippen molar-refractivity contribution in [3.8, 4) is 5.75 Å². The highest BCUT2D eigenvalue weighted by Crippen LogP contribution is 2.10. The molecular formula is C14H24NO4+. The van der Waals surface area contributed by atoms with Gasteiger partial charge in [0, 0.05) is 0 Å². The van der Waals surface area contributed by atoms with Crippen LogP contribution in [0.25, 0.3) is 0 Å². The average Bonchev–Trinajstić information content (AvgIpc) is 2.38. The van der Waals surface area contributed by atoms with Gasteiger partial charge >= 0.3 is 0 Å². The van der Waals surface area contributed by atoms with Crippen molar-refractivity contribution < 1.29 is 24.5 Å². The zero-order valence-electron chi connectivity index (χ0n) is 11.4. The third-order valence-corrected chi connectivity index (χ3v) is 3.12. The number of benzene rings is 1. The summed E-state index contributed by atoms with van der Waals surface area (Å²) in [6, 6.07) is 9.32. The Labute approximate surface area is 114 Å². The lowest BCUT2D eigenvalue weighted by Gasteiger charge is -2.35. The Bertz CT molecular complexity index is 339. The van der Waals surface area contributed by atoms with E-state index in [1.807, 2.05) is 37.4 Å². The third-order valence-electron chi connectivity index (χ3n) is 3.12. The van der Waals surface area contributed by atoms with Crippen LogP contribution in [0.1, 0.15) is 0 Å². The van der Waals surface area contributed by atoms with Crippen molar-refractivity contribution in [2.75, 3.05) is 46.5 Å². The number of likely N-dealkylation sites (N-methyl/N-ethyl adjacent to an activating group) is 1. The summed E-state index contributed by atoms with van der Waals surface area (Å²) < 4.78 is 5.91. The summed E-state index contributed by atoms with van der Waals surface area (Å²) in [5.74, 6) is 0.722. The van der Waals surface area contributed by atoms with E-state index in [0.717, 1.165) is 5.75 Å². The molecule has 5 heteroatoms. The monoisotopic (exact) mass is 270 g/mol. The van der Waals surface area contributed by atoms with E-state index >= 15 is 0 Å². The Morgan fingerprint density at radius 3 is 2.21 bits per heavy atom. The highest BCUT2D eigenvalue weighted by Gasteiger charge is 2.24. The second kappa shape index (κ2) is 8.12. The Morgan fingerprint density at radius 1 is 1.11 bits per heavy atom. The summed E-state index contributed by atoms with van der Waals surface area (Å²) in [6.07, 6.45) is -0.636. The fourth-order valence-electron chi connectivity index (χ4n) is 2.05. The first kappa shape index (κ1) is 15.9. The molecule has 3 N–H and O–H groups in total. The molecule has 1 aromatic rings. The number of aliphatic hydroxyl groups excluding tert-OH is 3. The minimum Gasteiger partial charge on any atom is -0.491 e. The first-order valence-corrected chi connectivity index (χ1v) is 6.51. The SMILES string of the molecule is C[N+](CCO)(CCO)CC(O)COc1ccccc1. The fraction of sp³-hybridized carbons (Fsp3) is 0.571. The third kappa shape index (κ3) is 6.02. The van der Waals surface area contributed by atoms with Gasteiger partial charge in [0.05, 0.1) is 20.3 Å². The van der Waals surface area contributed by atoms with Crippen LogP contribution < -0.4 is 4.74 Å². The Hall–Kier alpha value is -1.14. The van der Waals surface area contributed by atoms with Crippen molar-refractivity contribution in [2.24, 2.45) is 0 Å². The van der Waals surface area contributed by atoms with Gasteiger partial charge in [-0.3, -0.25) is 0 Å². The second-order valence-electron chi connectivity index (χ2n) is 4.97. The molecule has 108 valence electrons. The molecule has 0 aliphatic heterocycles. The number of ether oxygens (including phenoxy) is 1. The molecule has 1 aromatic carbocycles. The van der Waals surface area contributed by atoms with E-state index in [2.05, 4.69) is 0 Å². The summed E-state index contributed by atoms with van der Waals surface area (Å²) >= 11 is 0. The Balaban J connectivity index is 2.42. The lowest BCUT2D eigenvalue weighted by Crippen LogP contribution is -2.53. The van der Waals surface area contributed by atoms with Gasteiger partial charge in [0.1, 0.15) is 38.1 Å². The van der Waals surface area contributed by atoms with Crippen LogP contribution in [0.4, 0.5) is 0 Å². The topological polar surface area (TPSA) is 69.9 Å². The van der Waals surface area contributed by atoms with E-state index in [9.17, 15) is 5.11 Å². The molecule has 1 atom stereocenters. The van der Waals surface area contributed by atoms with Crippen molar-refractivity contribution in [3.63, 3.8) is 0 Å². The molecule has 0 aliphatic rings. The van der Waals surface area contributed by atoms with Crippen LogP contribution >= 0.6 is 0 Å². The van der Waals surface area contributed by atoms with Crippen LogP contribution in [-0.4, -0.2) is 72.4 Å². The number of hydrogen-bond donors (Lipinski definition) is 3. The summed E-state index contributed by atoms with van der Waals surface area (Å²) in [7, 11) is 1.90. The zero-order valence-corrected chi connectivity index (χ0v) is 11.4. The zero-order chi connectivity index (χ0) is 14.1. The van der Waals surface area contributed by atoms with E-state index in [1.165, 1.54) is 0 Å². The number of nitrogens with zero attached hydrogens (tertiary/aromatic N) is 1. The van der Waals surface area contributed by atoms with Gasteiger partial charge in [-0.2, -0.15) is 0 Å². The molecular weight excluding hydrogens is 246 g/mol. The van der Waals surface area contributed by atoms with Crippen LogP contribution in [0.5, 0.6) is 5.75 Å². The maximum absolute atomic E-state index is 10.00. The highest BCUT2D eigenvalue weighted by atomic mass is 16.5. The molecule has 1 rings (SSSR count). The number of aliphatic hydroxyl groups is 3. The standard InChI is InChI=1S/C14H24NO4/c1-15(7-9-16,8-10-17)11-13(18)12-19-14-5-3-2-4-6-14/h2-6,13,16-18H,7-12H2,1H3/q+1. The quantitative estimate of drug-likeness (QED) is 0.546. The molecule has 0 saturated heterocycles. The maximum atomic E-state index is 10.00. The van der Waals surface area contributed by atoms with Crippen LogP contribution in [0, 0.1) is 0 Å². The predicted octanol–water partition coefficient (Wildman–Crippen LogP) is -0.142. The van der Waals surface area contributed by atoms with Crippen molar-refractivity contribution in [3.05, 3.63) is 30.3 Å². The molecule has 0 aliphatic carbocycles. The van der Waals surface area contributed by atoms with E-state index in [1.54, 1.807) is 0 Å². The van der Waals surface area contributed by atoms with Crippen LogP contribution in [0.2, 0.25) is 0 Å². The molecule has 0 spiro atoms. The van der Waals surface area contributed by atoms with Crippen LogP contribution in [-0.2, 0) is 0 Å². The van der Waals surface area contributed by atoms with Gasteiger partial charge in [-0.15, -0.1) is 0 Å². The van der Waals surface area contributed by atoms with E-state index in [0.29, 0.717) is 24.1 Å². The van der Waals surface area contributed by atoms with Crippen LogP contribution in [0.3, 0.4) is 0 Å². The molecule has 0 fully saturated rings. The van der Waals surface area contributed by atoms with Crippen molar-refractivity contribution >= 4 is 0 Å². The molecule has 0 saturated carbocycles. The van der Waals surface area contributed by atoms with Gasteiger partial charge in [-0.05, 0) is 12.1 Å². The van der Waals surface area contributed by atoms with Gasteiger partial charge in [0.2, 0.25) is 0 Å². The van der Waals surface area contributed by atoms with Gasteiger partial charge in [-0.25, -0.2) is 0 Å². The minimum atomic E-state index is -0.636. The highest BCUT2D eigenvalue weighted by molar-refractivity contribution is 5.20. The minimum absolute atomic E-state index is 0.0305. The number of rotatable bonds is 9. The largest absolute Gasteiger partial charge is 0.491 e. The number of hydrogen-bond acceptors (Lipinski definition) is 4. The number of para-hydroxylation sites is 1. The van der Waals surface area contributed by atoms with E-state index in [4.69, 9.17) is 14.9 Å². The van der Waals surface area contributed by atoms with Gasteiger partial charge in [0.15, 0.2) is 0 Å². The predicted molar refractivity (Wildman–Crippen MR) is 72.9 cm³/mol. The van der Waals surface area contributed by atoms with Crippen LogP contribution in [0.15, 0.2) is 30.3 Å². The lowest BCUT2D eigenvalue weighted by molar-refractivity contribution is -0.913. The van der Waals surface area contributed by atoms with Gasteiger partial charge in [-0.1, -0.05) is 18.2 Å². The smallest absolute Gasteiger partial charge is 0.137 e. The summed E-state index contributed by atoms with van der Waals surface area (Å²) in [4.78, 5) is 0. The lowest BCUT2D eigenvalue weighted by atomic mass is 10.2.